The van der Waals surface area contributed by atoms with E-state index in [1.807, 2.05) is 0 Å². The number of aromatic hydroxyl groups is 1. The van der Waals surface area contributed by atoms with E-state index in [1.165, 1.54) is 12.1 Å². The van der Waals surface area contributed by atoms with Gasteiger partial charge in [-0.3, -0.25) is 9.69 Å². The fourth-order valence-corrected chi connectivity index (χ4v) is 3.29. The minimum atomic E-state index is -0.335. The maximum Gasteiger partial charge on any atom is 0.231 e. The molecule has 1 aliphatic rings. The number of ether oxygens (including phenoxy) is 1. The van der Waals surface area contributed by atoms with Crippen molar-refractivity contribution in [2.24, 2.45) is 0 Å². The molecule has 0 amide bonds. The Bertz CT molecular complexity index is 853. The molecule has 5 heteroatoms. The van der Waals surface area contributed by atoms with Crippen molar-refractivity contribution in [2.45, 2.75) is 33.2 Å². The van der Waals surface area contributed by atoms with Crippen molar-refractivity contribution < 1.29 is 19.0 Å². The monoisotopic (exact) mass is 369 g/mol. The largest absolute Gasteiger partial charge is 0.507 e. The van der Waals surface area contributed by atoms with Crippen LogP contribution in [0.2, 0.25) is 0 Å². The predicted octanol–water partition coefficient (Wildman–Crippen LogP) is 4.77. The second-order valence-electron chi connectivity index (χ2n) is 6.71. The Hall–Kier alpha value is -2.66. The van der Waals surface area contributed by atoms with Gasteiger partial charge in [-0.2, -0.15) is 0 Å². The molecule has 2 aromatic rings. The standard InChI is InChI=1S/C22H24FNO3/c1-3-11-24(12-4-2)14-18-19(25)10-9-17-21(26)20(27-22(17)18)13-15-5-7-16(23)8-6-15/h5-10,13,25H,3-4,11-12,14H2,1-2H3/b20-13+. The van der Waals surface area contributed by atoms with Crippen molar-refractivity contribution in [1.29, 1.82) is 0 Å². The summed E-state index contributed by atoms with van der Waals surface area (Å²) in [6, 6.07) is 8.99. The molecule has 0 aromatic heterocycles. The molecule has 0 fully saturated rings. The van der Waals surface area contributed by atoms with Crippen LogP contribution in [0, 0.1) is 5.82 Å². The first kappa shape index (κ1) is 19.1. The summed E-state index contributed by atoms with van der Waals surface area (Å²) in [6.07, 6.45) is 3.61. The molecule has 1 aliphatic heterocycles. The Morgan fingerprint density at radius 3 is 2.37 bits per heavy atom. The van der Waals surface area contributed by atoms with Gasteiger partial charge >= 0.3 is 0 Å². The number of nitrogens with zero attached hydrogens (tertiary/aromatic N) is 1. The number of ketones is 1. The molecule has 1 N–H and O–H groups in total. The van der Waals surface area contributed by atoms with E-state index in [2.05, 4.69) is 18.7 Å². The van der Waals surface area contributed by atoms with Crippen LogP contribution >= 0.6 is 0 Å². The third kappa shape index (κ3) is 4.19. The third-order valence-corrected chi connectivity index (χ3v) is 4.55. The van der Waals surface area contributed by atoms with E-state index < -0.39 is 0 Å². The summed E-state index contributed by atoms with van der Waals surface area (Å²) in [6.45, 7) is 6.56. The highest BCUT2D eigenvalue weighted by Crippen LogP contribution is 2.40. The number of rotatable bonds is 7. The predicted molar refractivity (Wildman–Crippen MR) is 103 cm³/mol. The smallest absolute Gasteiger partial charge is 0.231 e. The van der Waals surface area contributed by atoms with Crippen LogP contribution < -0.4 is 4.74 Å². The molecule has 0 radical (unpaired) electrons. The van der Waals surface area contributed by atoms with Gasteiger partial charge in [0.25, 0.3) is 0 Å². The van der Waals surface area contributed by atoms with Crippen molar-refractivity contribution >= 4 is 11.9 Å². The van der Waals surface area contributed by atoms with Crippen LogP contribution in [-0.2, 0) is 6.54 Å². The first-order valence-electron chi connectivity index (χ1n) is 9.30. The molecule has 142 valence electrons. The van der Waals surface area contributed by atoms with Crippen LogP contribution in [-0.4, -0.2) is 28.9 Å². The average molecular weight is 369 g/mol. The number of carbonyl (C=O) groups is 1. The number of halogens is 1. The highest BCUT2D eigenvalue weighted by Gasteiger charge is 2.31. The molecule has 2 aromatic carbocycles. The van der Waals surface area contributed by atoms with E-state index in [0.717, 1.165) is 25.9 Å². The molecule has 4 nitrogen and oxygen atoms in total. The summed E-state index contributed by atoms with van der Waals surface area (Å²) in [5.74, 6) is 0.166. The Morgan fingerprint density at radius 2 is 1.74 bits per heavy atom. The molecule has 3 rings (SSSR count). The first-order chi connectivity index (χ1) is 13.0. The van der Waals surface area contributed by atoms with E-state index in [-0.39, 0.29) is 23.1 Å². The zero-order chi connectivity index (χ0) is 19.4. The number of fused-ring (bicyclic) bond motifs is 1. The van der Waals surface area contributed by atoms with E-state index in [4.69, 9.17) is 4.74 Å². The highest BCUT2D eigenvalue weighted by molar-refractivity contribution is 6.15. The van der Waals surface area contributed by atoms with Crippen LogP contribution in [0.15, 0.2) is 42.2 Å². The van der Waals surface area contributed by atoms with Crippen LogP contribution in [0.1, 0.15) is 48.2 Å². The fourth-order valence-electron chi connectivity index (χ4n) is 3.29. The topological polar surface area (TPSA) is 49.8 Å². The maximum absolute atomic E-state index is 13.1. The van der Waals surface area contributed by atoms with Crippen LogP contribution in [0.5, 0.6) is 11.5 Å². The van der Waals surface area contributed by atoms with Gasteiger partial charge in [-0.1, -0.05) is 26.0 Å². The lowest BCUT2D eigenvalue weighted by Crippen LogP contribution is -2.25. The van der Waals surface area contributed by atoms with Crippen LogP contribution in [0.4, 0.5) is 4.39 Å². The van der Waals surface area contributed by atoms with Gasteiger partial charge < -0.3 is 9.84 Å². The average Bonchev–Trinajstić information content (AvgIpc) is 2.96. The molecule has 0 bridgehead atoms. The molecule has 1 heterocycles. The van der Waals surface area contributed by atoms with E-state index >= 15 is 0 Å². The molecule has 0 atom stereocenters. The maximum atomic E-state index is 13.1. The number of benzene rings is 2. The normalized spacial score (nSPS) is 14.7. The van der Waals surface area contributed by atoms with Crippen LogP contribution in [0.3, 0.4) is 0 Å². The third-order valence-electron chi connectivity index (χ3n) is 4.55. The fraction of sp³-hybridized carbons (Fsp3) is 0.318. The number of carbonyl (C=O) groups excluding carboxylic acids is 1. The van der Waals surface area contributed by atoms with Gasteiger partial charge in [-0.25, -0.2) is 4.39 Å². The molecule has 0 aliphatic carbocycles. The number of hydrogen-bond donors (Lipinski definition) is 1. The van der Waals surface area contributed by atoms with Gasteiger partial charge in [0.15, 0.2) is 5.76 Å². The Morgan fingerprint density at radius 1 is 1.07 bits per heavy atom. The van der Waals surface area contributed by atoms with E-state index in [1.54, 1.807) is 30.3 Å². The Labute approximate surface area is 158 Å². The summed E-state index contributed by atoms with van der Waals surface area (Å²) in [4.78, 5) is 14.9. The molecule has 0 saturated carbocycles. The molecule has 0 spiro atoms. The van der Waals surface area contributed by atoms with Crippen LogP contribution in [0.25, 0.3) is 6.08 Å². The van der Waals surface area contributed by atoms with Gasteiger partial charge in [0.05, 0.1) is 11.1 Å². The van der Waals surface area contributed by atoms with Gasteiger partial charge in [0.2, 0.25) is 5.78 Å². The van der Waals surface area contributed by atoms with Crippen molar-refractivity contribution in [3.05, 3.63) is 64.7 Å². The summed E-state index contributed by atoms with van der Waals surface area (Å²) in [5, 5.41) is 10.4. The lowest BCUT2D eigenvalue weighted by atomic mass is 10.0. The number of phenols is 1. The molecule has 0 unspecified atom stereocenters. The van der Waals surface area contributed by atoms with E-state index in [0.29, 0.717) is 29.0 Å². The van der Waals surface area contributed by atoms with E-state index in [9.17, 15) is 14.3 Å². The number of Topliss-reactive ketones (excluding diaryl/α,β-unsaturated/α-hetero) is 1. The second kappa shape index (κ2) is 8.35. The van der Waals surface area contributed by atoms with Crippen molar-refractivity contribution in [3.63, 3.8) is 0 Å². The summed E-state index contributed by atoms with van der Waals surface area (Å²) >= 11 is 0. The first-order valence-corrected chi connectivity index (χ1v) is 9.30. The lowest BCUT2D eigenvalue weighted by Gasteiger charge is -2.22. The molecule has 27 heavy (non-hydrogen) atoms. The van der Waals surface area contributed by atoms with Gasteiger partial charge in [0.1, 0.15) is 17.3 Å². The molecule has 0 saturated heterocycles. The van der Waals surface area contributed by atoms with Crippen molar-refractivity contribution in [2.75, 3.05) is 13.1 Å². The SMILES string of the molecule is CCCN(CCC)Cc1c(O)ccc2c1O/C(=C/c1ccc(F)cc1)C2=O. The zero-order valence-corrected chi connectivity index (χ0v) is 15.7. The van der Waals surface area contributed by atoms with Crippen molar-refractivity contribution in [1.82, 2.24) is 4.90 Å². The minimum absolute atomic E-state index is 0.127. The van der Waals surface area contributed by atoms with Gasteiger partial charge in [-0.15, -0.1) is 0 Å². The number of hydrogen-bond acceptors (Lipinski definition) is 4. The minimum Gasteiger partial charge on any atom is -0.507 e. The summed E-state index contributed by atoms with van der Waals surface area (Å²) in [5.41, 5.74) is 1.76. The zero-order valence-electron chi connectivity index (χ0n) is 15.7. The summed E-state index contributed by atoms with van der Waals surface area (Å²) < 4.78 is 18.9. The van der Waals surface area contributed by atoms with Gasteiger partial charge in [-0.05, 0) is 61.8 Å². The lowest BCUT2D eigenvalue weighted by molar-refractivity contribution is 0.101. The Kier molecular flexibility index (Phi) is 5.91. The highest BCUT2D eigenvalue weighted by atomic mass is 19.1. The second-order valence-corrected chi connectivity index (χ2v) is 6.71. The van der Waals surface area contributed by atoms with Crippen molar-refractivity contribution in [3.8, 4) is 11.5 Å². The molecular weight excluding hydrogens is 345 g/mol. The van der Waals surface area contributed by atoms with Gasteiger partial charge in [0, 0.05) is 6.54 Å². The molecular formula is C22H24FNO3. The number of phenolic OH excluding ortho intramolecular Hbond substituents is 1. The number of allylic oxidation sites excluding steroid dienone is 1. The quantitative estimate of drug-likeness (QED) is 0.714. The summed E-state index contributed by atoms with van der Waals surface area (Å²) in [7, 11) is 0. The Balaban J connectivity index is 1.92.